The molecule has 0 atom stereocenters. The minimum atomic E-state index is -3.87. The molecule has 0 fully saturated rings. The van der Waals surface area contributed by atoms with Crippen molar-refractivity contribution in [3.05, 3.63) is 83.0 Å². The molecular weight excluding hydrogens is 558 g/mol. The van der Waals surface area contributed by atoms with Crippen LogP contribution in [0, 0.1) is 6.92 Å². The summed E-state index contributed by atoms with van der Waals surface area (Å²) >= 11 is 3.32. The predicted octanol–water partition coefficient (Wildman–Crippen LogP) is 6.24. The van der Waals surface area contributed by atoms with Crippen LogP contribution in [-0.4, -0.2) is 32.1 Å². The Labute approximate surface area is 224 Å². The zero-order chi connectivity index (χ0) is 26.4. The number of sulfonamides is 1. The van der Waals surface area contributed by atoms with Gasteiger partial charge in [-0.25, -0.2) is 13.4 Å². The number of nitrogens with one attached hydrogen (secondary N) is 3. The second-order valence-electron chi connectivity index (χ2n) is 7.90. The number of anilines is 5. The minimum absolute atomic E-state index is 0.0518. The van der Waals surface area contributed by atoms with Crippen LogP contribution in [-0.2, 0) is 10.0 Å². The minimum Gasteiger partial charge on any atom is -0.497 e. The maximum atomic E-state index is 13.0. The van der Waals surface area contributed by atoms with Gasteiger partial charge in [-0.1, -0.05) is 15.9 Å². The van der Waals surface area contributed by atoms with Gasteiger partial charge in [0.2, 0.25) is 5.95 Å². The maximum absolute atomic E-state index is 13.0. The van der Waals surface area contributed by atoms with E-state index in [0.29, 0.717) is 34.2 Å². The van der Waals surface area contributed by atoms with E-state index in [1.54, 1.807) is 50.4 Å². The molecular formula is C26H26BrN5O4S. The topological polar surface area (TPSA) is 114 Å². The summed E-state index contributed by atoms with van der Waals surface area (Å²) in [5.74, 6) is 2.08. The number of benzene rings is 3. The van der Waals surface area contributed by atoms with Gasteiger partial charge in [-0.05, 0) is 80.6 Å². The van der Waals surface area contributed by atoms with E-state index in [1.165, 1.54) is 6.07 Å². The Kier molecular flexibility index (Phi) is 8.14. The number of rotatable bonds is 10. The van der Waals surface area contributed by atoms with E-state index < -0.39 is 10.0 Å². The van der Waals surface area contributed by atoms with E-state index in [4.69, 9.17) is 9.47 Å². The van der Waals surface area contributed by atoms with E-state index in [1.807, 2.05) is 37.3 Å². The highest BCUT2D eigenvalue weighted by atomic mass is 79.9. The first-order chi connectivity index (χ1) is 17.8. The second kappa shape index (κ2) is 11.5. The Balaban J connectivity index is 1.47. The Morgan fingerprint density at radius 2 is 1.51 bits per heavy atom. The zero-order valence-electron chi connectivity index (χ0n) is 20.4. The van der Waals surface area contributed by atoms with Crippen LogP contribution in [0.15, 0.2) is 82.2 Å². The molecule has 0 saturated heterocycles. The lowest BCUT2D eigenvalue weighted by atomic mass is 10.3. The van der Waals surface area contributed by atoms with Gasteiger partial charge in [0.1, 0.15) is 22.2 Å². The largest absolute Gasteiger partial charge is 0.497 e. The van der Waals surface area contributed by atoms with Crippen molar-refractivity contribution in [2.75, 3.05) is 29.1 Å². The normalized spacial score (nSPS) is 11.0. The van der Waals surface area contributed by atoms with Crippen LogP contribution in [0.4, 0.5) is 28.8 Å². The van der Waals surface area contributed by atoms with E-state index in [9.17, 15) is 8.42 Å². The lowest BCUT2D eigenvalue weighted by molar-refractivity contribution is 0.331. The number of hydrogen-bond acceptors (Lipinski definition) is 8. The summed E-state index contributed by atoms with van der Waals surface area (Å²) in [6.45, 7) is 4.03. The van der Waals surface area contributed by atoms with Crippen molar-refractivity contribution < 1.29 is 17.9 Å². The SMILES string of the molecule is CCOc1ccc(Br)cc1S(=O)(=O)Nc1ccc(Nc2nc(C)cc(Nc3ccc(OC)cc3)n2)cc1. The van der Waals surface area contributed by atoms with Crippen molar-refractivity contribution in [2.45, 2.75) is 18.7 Å². The highest BCUT2D eigenvalue weighted by molar-refractivity contribution is 9.10. The van der Waals surface area contributed by atoms with Gasteiger partial charge in [0.25, 0.3) is 10.0 Å². The summed E-state index contributed by atoms with van der Waals surface area (Å²) in [5.41, 5.74) is 2.73. The summed E-state index contributed by atoms with van der Waals surface area (Å²) < 4.78 is 40.0. The van der Waals surface area contributed by atoms with E-state index in [2.05, 4.69) is 41.3 Å². The number of nitrogens with zero attached hydrogens (tertiary/aromatic N) is 2. The van der Waals surface area contributed by atoms with E-state index in [-0.39, 0.29) is 10.6 Å². The molecule has 9 nitrogen and oxygen atoms in total. The Morgan fingerprint density at radius 3 is 2.19 bits per heavy atom. The molecule has 0 unspecified atom stereocenters. The molecule has 3 aromatic carbocycles. The van der Waals surface area contributed by atoms with E-state index >= 15 is 0 Å². The van der Waals surface area contributed by atoms with Gasteiger partial charge in [0.05, 0.1) is 13.7 Å². The lowest BCUT2D eigenvalue weighted by Crippen LogP contribution is -2.14. The summed E-state index contributed by atoms with van der Waals surface area (Å²) in [5, 5.41) is 6.41. The van der Waals surface area contributed by atoms with Crippen LogP contribution in [0.2, 0.25) is 0 Å². The van der Waals surface area contributed by atoms with Crippen molar-refractivity contribution >= 4 is 54.8 Å². The number of hydrogen-bond donors (Lipinski definition) is 3. The van der Waals surface area contributed by atoms with Crippen molar-refractivity contribution in [1.29, 1.82) is 0 Å². The van der Waals surface area contributed by atoms with Crippen LogP contribution < -0.4 is 24.8 Å². The molecule has 0 aliphatic carbocycles. The summed E-state index contributed by atoms with van der Waals surface area (Å²) in [6, 6.07) is 21.0. The summed E-state index contributed by atoms with van der Waals surface area (Å²) in [7, 11) is -2.25. The number of ether oxygens (including phenoxy) is 2. The maximum Gasteiger partial charge on any atom is 0.265 e. The summed E-state index contributed by atoms with van der Waals surface area (Å²) in [6.07, 6.45) is 0. The Hall–Kier alpha value is -3.83. The van der Waals surface area contributed by atoms with Gasteiger partial charge in [0.15, 0.2) is 0 Å². The predicted molar refractivity (Wildman–Crippen MR) is 149 cm³/mol. The van der Waals surface area contributed by atoms with Gasteiger partial charge >= 0.3 is 0 Å². The molecule has 4 aromatic rings. The third kappa shape index (κ3) is 6.89. The van der Waals surface area contributed by atoms with Crippen molar-refractivity contribution in [3.8, 4) is 11.5 Å². The summed E-state index contributed by atoms with van der Waals surface area (Å²) in [4.78, 5) is 9.02. The van der Waals surface area contributed by atoms with Crippen molar-refractivity contribution in [3.63, 3.8) is 0 Å². The standard InChI is InChI=1S/C26H26BrN5O4S/c1-4-36-23-14-5-18(27)16-24(23)37(33,34)32-21-8-6-20(7-9-21)30-26-28-17(2)15-25(31-26)29-19-10-12-22(35-3)13-11-19/h5-16,32H,4H2,1-3H3,(H2,28,29,30,31). The van der Waals surface area contributed by atoms with Gasteiger partial charge in [-0.2, -0.15) is 4.98 Å². The van der Waals surface area contributed by atoms with Crippen LogP contribution in [0.5, 0.6) is 11.5 Å². The molecule has 37 heavy (non-hydrogen) atoms. The highest BCUT2D eigenvalue weighted by Crippen LogP contribution is 2.30. The molecule has 0 amide bonds. The average Bonchev–Trinajstić information content (AvgIpc) is 2.86. The number of halogens is 1. The molecule has 0 bridgehead atoms. The van der Waals surface area contributed by atoms with E-state index in [0.717, 1.165) is 17.1 Å². The fraction of sp³-hybridized carbons (Fsp3) is 0.154. The van der Waals surface area contributed by atoms with Gasteiger partial charge in [-0.15, -0.1) is 0 Å². The van der Waals surface area contributed by atoms with Crippen molar-refractivity contribution in [2.24, 2.45) is 0 Å². The lowest BCUT2D eigenvalue weighted by Gasteiger charge is -2.14. The van der Waals surface area contributed by atoms with Gasteiger partial charge in [0, 0.05) is 33.3 Å². The van der Waals surface area contributed by atoms with Crippen molar-refractivity contribution in [1.82, 2.24) is 9.97 Å². The molecule has 0 radical (unpaired) electrons. The molecule has 0 aliphatic rings. The second-order valence-corrected chi connectivity index (χ2v) is 10.5. The number of aryl methyl sites for hydroxylation is 1. The first-order valence-electron chi connectivity index (χ1n) is 11.3. The smallest absolute Gasteiger partial charge is 0.265 e. The molecule has 1 heterocycles. The molecule has 0 aliphatic heterocycles. The zero-order valence-corrected chi connectivity index (χ0v) is 22.9. The number of methoxy groups -OCH3 is 1. The monoisotopic (exact) mass is 583 g/mol. The third-order valence-corrected chi connectivity index (χ3v) is 7.00. The fourth-order valence-corrected chi connectivity index (χ4v) is 5.18. The number of aromatic nitrogens is 2. The Morgan fingerprint density at radius 1 is 0.865 bits per heavy atom. The molecule has 0 spiro atoms. The first-order valence-corrected chi connectivity index (χ1v) is 13.6. The Bertz CT molecular complexity index is 1480. The van der Waals surface area contributed by atoms with Crippen LogP contribution >= 0.6 is 15.9 Å². The third-order valence-electron chi connectivity index (χ3n) is 5.11. The van der Waals surface area contributed by atoms with Crippen LogP contribution in [0.25, 0.3) is 0 Å². The molecule has 0 saturated carbocycles. The molecule has 192 valence electrons. The quantitative estimate of drug-likeness (QED) is 0.201. The van der Waals surface area contributed by atoms with Gasteiger partial charge < -0.3 is 20.1 Å². The molecule has 1 aromatic heterocycles. The highest BCUT2D eigenvalue weighted by Gasteiger charge is 2.20. The first kappa shape index (κ1) is 26.2. The molecule has 3 N–H and O–H groups in total. The van der Waals surface area contributed by atoms with Crippen LogP contribution in [0.3, 0.4) is 0 Å². The molecule has 4 rings (SSSR count). The van der Waals surface area contributed by atoms with Gasteiger partial charge in [-0.3, -0.25) is 4.72 Å². The molecule has 11 heteroatoms. The van der Waals surface area contributed by atoms with Crippen LogP contribution in [0.1, 0.15) is 12.6 Å². The fourth-order valence-electron chi connectivity index (χ4n) is 3.44. The average molecular weight is 584 g/mol.